The summed E-state index contributed by atoms with van der Waals surface area (Å²) in [7, 11) is 0. The summed E-state index contributed by atoms with van der Waals surface area (Å²) in [4.78, 5) is 10.6. The Hall–Kier alpha value is -1.16. The van der Waals surface area contributed by atoms with Gasteiger partial charge in [0.2, 0.25) is 5.95 Å². The van der Waals surface area contributed by atoms with Gasteiger partial charge in [-0.1, -0.05) is 6.42 Å². The maximum atomic E-state index is 4.09. The Kier molecular flexibility index (Phi) is 3.91. The zero-order valence-corrected chi connectivity index (χ0v) is 8.95. The minimum absolute atomic E-state index is 0.675. The second kappa shape index (κ2) is 5.66. The van der Waals surface area contributed by atoms with Crippen LogP contribution in [0.15, 0.2) is 12.3 Å². The zero-order chi connectivity index (χ0) is 10.3. The van der Waals surface area contributed by atoms with Crippen LogP contribution in [0.3, 0.4) is 0 Å². The van der Waals surface area contributed by atoms with Crippen LogP contribution in [0.25, 0.3) is 0 Å². The van der Waals surface area contributed by atoms with Gasteiger partial charge in [0.15, 0.2) is 0 Å². The summed E-state index contributed by atoms with van der Waals surface area (Å²) in [5.41, 5.74) is 0. The molecule has 1 aromatic rings. The van der Waals surface area contributed by atoms with Gasteiger partial charge >= 0.3 is 0 Å². The van der Waals surface area contributed by atoms with E-state index in [9.17, 15) is 0 Å². The molecule has 0 amide bonds. The summed E-state index contributed by atoms with van der Waals surface area (Å²) in [6.07, 6.45) is 8.54. The highest BCUT2D eigenvalue weighted by Crippen LogP contribution is 2.07. The molecule has 0 bridgehead atoms. The van der Waals surface area contributed by atoms with Crippen LogP contribution in [0, 0.1) is 6.20 Å². The van der Waals surface area contributed by atoms with Crippen LogP contribution in [0.4, 0.5) is 5.95 Å². The second-order valence-corrected chi connectivity index (χ2v) is 3.84. The van der Waals surface area contributed by atoms with Crippen molar-refractivity contribution in [1.29, 1.82) is 0 Å². The monoisotopic (exact) mass is 205 g/mol. The molecule has 0 spiro atoms. The SMILES string of the molecule is [c]1ccnc(NCCN2CCCCC2)n1. The molecule has 1 radical (unpaired) electrons. The van der Waals surface area contributed by atoms with Crippen LogP contribution in [0.5, 0.6) is 0 Å². The highest BCUT2D eigenvalue weighted by atomic mass is 15.2. The molecule has 0 unspecified atom stereocenters. The molecular weight excluding hydrogens is 188 g/mol. The quantitative estimate of drug-likeness (QED) is 0.801. The topological polar surface area (TPSA) is 41.1 Å². The lowest BCUT2D eigenvalue weighted by atomic mass is 10.1. The van der Waals surface area contributed by atoms with Crippen molar-refractivity contribution in [2.45, 2.75) is 19.3 Å². The van der Waals surface area contributed by atoms with Gasteiger partial charge in [-0.3, -0.25) is 0 Å². The van der Waals surface area contributed by atoms with Crippen molar-refractivity contribution >= 4 is 5.95 Å². The van der Waals surface area contributed by atoms with Crippen molar-refractivity contribution in [2.75, 3.05) is 31.5 Å². The van der Waals surface area contributed by atoms with Gasteiger partial charge in [0.05, 0.1) is 6.20 Å². The maximum Gasteiger partial charge on any atom is 0.223 e. The van der Waals surface area contributed by atoms with Crippen molar-refractivity contribution in [3.63, 3.8) is 0 Å². The average molecular weight is 205 g/mol. The summed E-state index contributed by atoms with van der Waals surface area (Å²) in [6, 6.07) is 1.70. The van der Waals surface area contributed by atoms with Crippen molar-refractivity contribution in [3.05, 3.63) is 18.5 Å². The highest BCUT2D eigenvalue weighted by Gasteiger charge is 2.08. The average Bonchev–Trinajstić information content (AvgIpc) is 2.32. The smallest absolute Gasteiger partial charge is 0.223 e. The fraction of sp³-hybridized carbons (Fsp3) is 0.636. The molecular formula is C11H17N4. The van der Waals surface area contributed by atoms with Crippen LogP contribution in [0.1, 0.15) is 19.3 Å². The third-order valence-electron chi connectivity index (χ3n) is 2.68. The van der Waals surface area contributed by atoms with E-state index in [4.69, 9.17) is 0 Å². The predicted octanol–water partition coefficient (Wildman–Crippen LogP) is 1.17. The molecule has 0 atom stereocenters. The molecule has 2 rings (SSSR count). The van der Waals surface area contributed by atoms with Crippen molar-refractivity contribution in [2.24, 2.45) is 0 Å². The van der Waals surface area contributed by atoms with E-state index < -0.39 is 0 Å². The fourth-order valence-corrected chi connectivity index (χ4v) is 1.86. The number of aromatic nitrogens is 2. The van der Waals surface area contributed by atoms with Crippen LogP contribution in [-0.4, -0.2) is 41.0 Å². The first-order chi connectivity index (χ1) is 7.45. The molecule has 81 valence electrons. The second-order valence-electron chi connectivity index (χ2n) is 3.84. The number of hydrogen-bond acceptors (Lipinski definition) is 4. The van der Waals surface area contributed by atoms with Crippen molar-refractivity contribution in [1.82, 2.24) is 14.9 Å². The maximum absolute atomic E-state index is 4.09. The van der Waals surface area contributed by atoms with Gasteiger partial charge in [0.25, 0.3) is 0 Å². The number of anilines is 1. The Balaban J connectivity index is 1.66. The first-order valence-corrected chi connectivity index (χ1v) is 5.60. The molecule has 1 aromatic heterocycles. The van der Waals surface area contributed by atoms with Gasteiger partial charge in [-0.2, -0.15) is 0 Å². The molecule has 1 saturated heterocycles. The number of nitrogens with zero attached hydrogens (tertiary/aromatic N) is 3. The molecule has 1 N–H and O–H groups in total. The van der Waals surface area contributed by atoms with E-state index in [0.29, 0.717) is 5.95 Å². The molecule has 1 aliphatic heterocycles. The van der Waals surface area contributed by atoms with Gasteiger partial charge in [0.1, 0.15) is 0 Å². The van der Waals surface area contributed by atoms with Crippen molar-refractivity contribution < 1.29 is 0 Å². The van der Waals surface area contributed by atoms with Crippen LogP contribution < -0.4 is 5.32 Å². The number of nitrogens with one attached hydrogen (secondary N) is 1. The predicted molar refractivity (Wildman–Crippen MR) is 59.6 cm³/mol. The Labute approximate surface area is 90.7 Å². The highest BCUT2D eigenvalue weighted by molar-refractivity contribution is 5.21. The molecule has 0 aromatic carbocycles. The van der Waals surface area contributed by atoms with Gasteiger partial charge in [0, 0.05) is 19.3 Å². The lowest BCUT2D eigenvalue weighted by Crippen LogP contribution is -2.33. The summed E-state index contributed by atoms with van der Waals surface area (Å²) in [6.45, 7) is 4.48. The number of hydrogen-bond donors (Lipinski definition) is 1. The van der Waals surface area contributed by atoms with Crippen molar-refractivity contribution in [3.8, 4) is 0 Å². The van der Waals surface area contributed by atoms with E-state index in [0.717, 1.165) is 13.1 Å². The summed E-state index contributed by atoms with van der Waals surface area (Å²) < 4.78 is 0. The summed E-state index contributed by atoms with van der Waals surface area (Å²) in [5.74, 6) is 0.675. The molecule has 2 heterocycles. The summed E-state index contributed by atoms with van der Waals surface area (Å²) >= 11 is 0. The Morgan fingerprint density at radius 1 is 1.33 bits per heavy atom. The Morgan fingerprint density at radius 3 is 2.93 bits per heavy atom. The van der Waals surface area contributed by atoms with Crippen LogP contribution in [-0.2, 0) is 0 Å². The normalized spacial score (nSPS) is 17.6. The van der Waals surface area contributed by atoms with Gasteiger partial charge in [-0.25, -0.2) is 9.97 Å². The molecule has 0 aliphatic carbocycles. The van der Waals surface area contributed by atoms with E-state index in [1.54, 1.807) is 12.3 Å². The minimum atomic E-state index is 0.675. The minimum Gasteiger partial charge on any atom is -0.353 e. The van der Waals surface area contributed by atoms with Crippen LogP contribution >= 0.6 is 0 Å². The number of likely N-dealkylation sites (tertiary alicyclic amines) is 1. The third-order valence-corrected chi connectivity index (χ3v) is 2.68. The Morgan fingerprint density at radius 2 is 2.20 bits per heavy atom. The van der Waals surface area contributed by atoms with E-state index in [1.165, 1.54) is 32.4 Å². The lowest BCUT2D eigenvalue weighted by molar-refractivity contribution is 0.237. The first kappa shape index (κ1) is 10.4. The molecule has 4 heteroatoms. The van der Waals surface area contributed by atoms with E-state index in [1.807, 2.05) is 0 Å². The van der Waals surface area contributed by atoms with Gasteiger partial charge in [-0.05, 0) is 32.0 Å². The molecule has 1 fully saturated rings. The third kappa shape index (κ3) is 3.47. The molecule has 4 nitrogen and oxygen atoms in total. The largest absolute Gasteiger partial charge is 0.353 e. The number of piperidine rings is 1. The fourth-order valence-electron chi connectivity index (χ4n) is 1.86. The van der Waals surface area contributed by atoms with E-state index >= 15 is 0 Å². The molecule has 1 aliphatic rings. The first-order valence-electron chi connectivity index (χ1n) is 5.60. The Bertz CT molecular complexity index is 269. The number of rotatable bonds is 4. The molecule has 0 saturated carbocycles. The zero-order valence-electron chi connectivity index (χ0n) is 8.95. The lowest BCUT2D eigenvalue weighted by Gasteiger charge is -2.26. The standard InChI is InChI=1S/C11H17N4/c1-2-8-15(9-3-1)10-7-14-11-12-5-4-6-13-11/h4-5H,1-3,7-10H2,(H,12,13,14). The van der Waals surface area contributed by atoms with E-state index in [2.05, 4.69) is 26.4 Å². The van der Waals surface area contributed by atoms with Gasteiger partial charge < -0.3 is 10.2 Å². The molecule has 15 heavy (non-hydrogen) atoms. The van der Waals surface area contributed by atoms with Gasteiger partial charge in [-0.15, -0.1) is 0 Å². The van der Waals surface area contributed by atoms with Crippen LogP contribution in [0.2, 0.25) is 0 Å². The summed E-state index contributed by atoms with van der Waals surface area (Å²) in [5, 5.41) is 3.20. The van der Waals surface area contributed by atoms with E-state index in [-0.39, 0.29) is 0 Å².